The van der Waals surface area contributed by atoms with Crippen LogP contribution in [0.4, 0.5) is 16.2 Å². The maximum Gasteiger partial charge on any atom is 0.410 e. The van der Waals surface area contributed by atoms with Crippen LogP contribution in [0.2, 0.25) is 0 Å². The Morgan fingerprint density at radius 3 is 2.11 bits per heavy atom. The van der Waals surface area contributed by atoms with Crippen molar-refractivity contribution in [2.45, 2.75) is 19.7 Å². The van der Waals surface area contributed by atoms with E-state index in [4.69, 9.17) is 10.5 Å². The van der Waals surface area contributed by atoms with Crippen molar-refractivity contribution in [2.75, 3.05) is 11.1 Å². The molecule has 0 aliphatic heterocycles. The van der Waals surface area contributed by atoms with Gasteiger partial charge in [0.1, 0.15) is 6.61 Å². The number of carbonyl (C=O) groups excluding carboxylic acids is 2. The van der Waals surface area contributed by atoms with E-state index in [1.54, 1.807) is 72.2 Å². The van der Waals surface area contributed by atoms with Crippen LogP contribution in [0, 0.1) is 0 Å². The molecule has 0 saturated heterocycles. The second-order valence-electron chi connectivity index (χ2n) is 7.87. The molecule has 0 spiro atoms. The number of aromatic nitrogens is 2. The van der Waals surface area contributed by atoms with E-state index in [2.05, 4.69) is 15.3 Å². The van der Waals surface area contributed by atoms with Gasteiger partial charge in [0, 0.05) is 42.5 Å². The first kappa shape index (κ1) is 23.4. The largest absolute Gasteiger partial charge is 0.444 e. The highest BCUT2D eigenvalue weighted by molar-refractivity contribution is 6.05. The molecule has 0 aliphatic carbocycles. The second kappa shape index (κ2) is 11.4. The molecule has 176 valence electrons. The van der Waals surface area contributed by atoms with Gasteiger partial charge in [-0.15, -0.1) is 0 Å². The molecule has 0 radical (unpaired) electrons. The molecule has 3 N–H and O–H groups in total. The molecule has 2 aromatic heterocycles. The summed E-state index contributed by atoms with van der Waals surface area (Å²) in [6.07, 6.45) is 6.26. The number of hydrogen-bond donors (Lipinski definition) is 2. The quantitative estimate of drug-likeness (QED) is 0.365. The van der Waals surface area contributed by atoms with Gasteiger partial charge in [-0.2, -0.15) is 0 Å². The number of amides is 2. The van der Waals surface area contributed by atoms with Gasteiger partial charge in [-0.25, -0.2) is 4.79 Å². The maximum atomic E-state index is 12.9. The number of nitrogens with zero attached hydrogens (tertiary/aromatic N) is 3. The average molecular weight is 468 g/mol. The Balaban J connectivity index is 1.44. The summed E-state index contributed by atoms with van der Waals surface area (Å²) in [5.41, 5.74) is 9.97. The lowest BCUT2D eigenvalue weighted by Gasteiger charge is -2.22. The molecule has 4 rings (SSSR count). The number of pyridine rings is 2. The highest BCUT2D eigenvalue weighted by Crippen LogP contribution is 2.19. The highest BCUT2D eigenvalue weighted by Gasteiger charge is 2.17. The van der Waals surface area contributed by atoms with E-state index in [-0.39, 0.29) is 12.5 Å². The number of ether oxygens (including phenoxy) is 1. The third kappa shape index (κ3) is 6.64. The van der Waals surface area contributed by atoms with E-state index < -0.39 is 6.09 Å². The van der Waals surface area contributed by atoms with E-state index >= 15 is 0 Å². The maximum absolute atomic E-state index is 12.9. The highest BCUT2D eigenvalue weighted by atomic mass is 16.6. The Bertz CT molecular complexity index is 1270. The van der Waals surface area contributed by atoms with Crippen molar-refractivity contribution in [3.63, 3.8) is 0 Å². The number of para-hydroxylation sites is 2. The van der Waals surface area contributed by atoms with Gasteiger partial charge in [0.2, 0.25) is 0 Å². The minimum atomic E-state index is -0.459. The number of nitrogens with one attached hydrogen (secondary N) is 1. The van der Waals surface area contributed by atoms with Crippen molar-refractivity contribution in [1.29, 1.82) is 0 Å². The summed E-state index contributed by atoms with van der Waals surface area (Å²) >= 11 is 0. The van der Waals surface area contributed by atoms with Crippen LogP contribution < -0.4 is 11.1 Å². The van der Waals surface area contributed by atoms with Crippen molar-refractivity contribution in [3.05, 3.63) is 120 Å². The smallest absolute Gasteiger partial charge is 0.410 e. The summed E-state index contributed by atoms with van der Waals surface area (Å²) in [5, 5.41) is 2.81. The van der Waals surface area contributed by atoms with E-state index in [9.17, 15) is 9.59 Å². The number of nitrogens with two attached hydrogens (primary N) is 1. The molecule has 0 aliphatic rings. The van der Waals surface area contributed by atoms with E-state index in [1.165, 1.54) is 0 Å². The fourth-order valence-corrected chi connectivity index (χ4v) is 3.40. The molecule has 0 bridgehead atoms. The van der Waals surface area contributed by atoms with Crippen LogP contribution >= 0.6 is 0 Å². The summed E-state index contributed by atoms with van der Waals surface area (Å²) < 4.78 is 5.52. The van der Waals surface area contributed by atoms with Crippen molar-refractivity contribution < 1.29 is 14.3 Å². The average Bonchev–Trinajstić information content (AvgIpc) is 2.90. The summed E-state index contributed by atoms with van der Waals surface area (Å²) in [7, 11) is 0. The first-order valence-corrected chi connectivity index (χ1v) is 11.0. The van der Waals surface area contributed by atoms with Gasteiger partial charge in [0.05, 0.1) is 17.9 Å². The minimum Gasteiger partial charge on any atom is -0.444 e. The summed E-state index contributed by atoms with van der Waals surface area (Å²) in [6.45, 7) is 0.751. The third-order valence-electron chi connectivity index (χ3n) is 5.24. The lowest BCUT2D eigenvalue weighted by Crippen LogP contribution is -2.30. The summed E-state index contributed by atoms with van der Waals surface area (Å²) in [5.74, 6) is -0.266. The lowest BCUT2D eigenvalue weighted by molar-refractivity contribution is 0.0908. The standard InChI is InChI=1S/C27H25N5O3/c28-24-7-1-2-8-25(24)31-26(33)23-11-9-20(10-12-23)17-32(18-21-5-3-13-29-15-21)27(34)35-19-22-6-4-14-30-16-22/h1-16H,17-19,28H2,(H,31,33). The van der Waals surface area contributed by atoms with E-state index in [1.807, 2.05) is 30.3 Å². The summed E-state index contributed by atoms with van der Waals surface area (Å²) in [4.78, 5) is 35.3. The van der Waals surface area contributed by atoms with Crippen molar-refractivity contribution in [3.8, 4) is 0 Å². The second-order valence-corrected chi connectivity index (χ2v) is 7.87. The molecule has 0 fully saturated rings. The zero-order valence-electron chi connectivity index (χ0n) is 19.0. The Hall–Kier alpha value is -4.72. The molecule has 0 atom stereocenters. The Morgan fingerprint density at radius 1 is 0.800 bits per heavy atom. The van der Waals surface area contributed by atoms with Gasteiger partial charge in [-0.05, 0) is 47.5 Å². The molecule has 0 saturated carbocycles. The molecule has 2 aromatic carbocycles. The predicted octanol–water partition coefficient (Wildman–Crippen LogP) is 4.65. The van der Waals surface area contributed by atoms with Gasteiger partial charge < -0.3 is 15.8 Å². The molecular formula is C27H25N5O3. The van der Waals surface area contributed by atoms with Crippen LogP contribution in [-0.2, 0) is 24.4 Å². The minimum absolute atomic E-state index is 0.123. The molecule has 4 aromatic rings. The van der Waals surface area contributed by atoms with Gasteiger partial charge in [0.15, 0.2) is 0 Å². The van der Waals surface area contributed by atoms with Gasteiger partial charge >= 0.3 is 6.09 Å². The van der Waals surface area contributed by atoms with Crippen LogP contribution in [0.15, 0.2) is 97.6 Å². The first-order valence-electron chi connectivity index (χ1n) is 11.0. The zero-order chi connectivity index (χ0) is 24.5. The summed E-state index contributed by atoms with van der Waals surface area (Å²) in [6, 6.07) is 21.5. The molecule has 8 nitrogen and oxygen atoms in total. The first-order chi connectivity index (χ1) is 17.1. The Morgan fingerprint density at radius 2 is 1.46 bits per heavy atom. The van der Waals surface area contributed by atoms with E-state index in [0.717, 1.165) is 16.7 Å². The molecular weight excluding hydrogens is 442 g/mol. The molecule has 0 unspecified atom stereocenters. The Kier molecular flexibility index (Phi) is 7.65. The number of benzene rings is 2. The third-order valence-corrected chi connectivity index (χ3v) is 5.24. The number of anilines is 2. The van der Waals surface area contributed by atoms with E-state index in [0.29, 0.717) is 30.0 Å². The van der Waals surface area contributed by atoms with Gasteiger partial charge in [0.25, 0.3) is 5.91 Å². The van der Waals surface area contributed by atoms with Crippen LogP contribution in [0.1, 0.15) is 27.0 Å². The number of nitrogen functional groups attached to an aromatic ring is 1. The Labute approximate surface area is 203 Å². The number of rotatable bonds is 8. The van der Waals surface area contributed by atoms with Crippen LogP contribution in [0.25, 0.3) is 0 Å². The van der Waals surface area contributed by atoms with Gasteiger partial charge in [-0.3, -0.25) is 19.7 Å². The fourth-order valence-electron chi connectivity index (χ4n) is 3.40. The molecule has 2 heterocycles. The number of carbonyl (C=O) groups is 2. The van der Waals surface area contributed by atoms with Crippen molar-refractivity contribution >= 4 is 23.4 Å². The monoisotopic (exact) mass is 467 g/mol. The van der Waals surface area contributed by atoms with Crippen LogP contribution in [-0.4, -0.2) is 26.9 Å². The molecule has 35 heavy (non-hydrogen) atoms. The molecule has 8 heteroatoms. The number of hydrogen-bond acceptors (Lipinski definition) is 6. The van der Waals surface area contributed by atoms with Crippen molar-refractivity contribution in [1.82, 2.24) is 14.9 Å². The van der Waals surface area contributed by atoms with Gasteiger partial charge in [-0.1, -0.05) is 36.4 Å². The zero-order valence-corrected chi connectivity index (χ0v) is 19.0. The fraction of sp³-hybridized carbons (Fsp3) is 0.111. The SMILES string of the molecule is Nc1ccccc1NC(=O)c1ccc(CN(Cc2cccnc2)C(=O)OCc2cccnc2)cc1. The predicted molar refractivity (Wildman–Crippen MR) is 133 cm³/mol. The van der Waals surface area contributed by atoms with Crippen molar-refractivity contribution in [2.24, 2.45) is 0 Å². The van der Waals surface area contributed by atoms with Crippen LogP contribution in [0.5, 0.6) is 0 Å². The normalized spacial score (nSPS) is 10.4. The lowest BCUT2D eigenvalue weighted by atomic mass is 10.1. The van der Waals surface area contributed by atoms with Crippen LogP contribution in [0.3, 0.4) is 0 Å². The molecule has 2 amide bonds. The topological polar surface area (TPSA) is 110 Å².